The molecule has 136 valence electrons. The smallest absolute Gasteiger partial charge is 0.337 e. The van der Waals surface area contributed by atoms with E-state index in [0.717, 1.165) is 16.8 Å². The van der Waals surface area contributed by atoms with Crippen LogP contribution in [0.3, 0.4) is 0 Å². The molecule has 26 heavy (non-hydrogen) atoms. The van der Waals surface area contributed by atoms with Gasteiger partial charge in [-0.15, -0.1) is 0 Å². The predicted molar refractivity (Wildman–Crippen MR) is 101 cm³/mol. The number of carbonyl (C=O) groups is 2. The Kier molecular flexibility index (Phi) is 5.26. The molecular formula is C21H24N2O3. The van der Waals surface area contributed by atoms with Crippen molar-refractivity contribution in [2.75, 3.05) is 12.4 Å². The van der Waals surface area contributed by atoms with Crippen LogP contribution < -0.4 is 5.32 Å². The van der Waals surface area contributed by atoms with Crippen LogP contribution in [0.4, 0.5) is 5.69 Å². The molecule has 1 N–H and O–H groups in total. The Hall–Kier alpha value is -2.82. The van der Waals surface area contributed by atoms with Crippen LogP contribution in [0.2, 0.25) is 0 Å². The first-order valence-electron chi connectivity index (χ1n) is 8.80. The van der Waals surface area contributed by atoms with Gasteiger partial charge >= 0.3 is 5.97 Å². The third-order valence-electron chi connectivity index (χ3n) is 4.66. The number of benzene rings is 2. The number of carbonyl (C=O) groups excluding carboxylic acids is 2. The average molecular weight is 352 g/mol. The fourth-order valence-corrected chi connectivity index (χ4v) is 3.21. The highest BCUT2D eigenvalue weighted by atomic mass is 16.5. The maximum atomic E-state index is 13.1. The van der Waals surface area contributed by atoms with E-state index in [1.807, 2.05) is 61.2 Å². The van der Waals surface area contributed by atoms with Crippen molar-refractivity contribution in [1.29, 1.82) is 0 Å². The standard InChI is InChI=1S/C21H24N2O3/c1-14(2)19-20(24)23(12-15-7-5-4-6-8-15)13-17-11-16(21(25)26-3)9-10-18(17)22-19/h4-11,14,19,22H,12-13H2,1-3H3/t19-/m0/s1. The van der Waals surface area contributed by atoms with E-state index < -0.39 is 0 Å². The Morgan fingerprint density at radius 1 is 1.23 bits per heavy atom. The molecule has 1 atom stereocenters. The molecule has 0 saturated heterocycles. The molecule has 1 aliphatic rings. The zero-order chi connectivity index (χ0) is 18.7. The molecule has 0 spiro atoms. The van der Waals surface area contributed by atoms with E-state index in [1.54, 1.807) is 6.07 Å². The Morgan fingerprint density at radius 2 is 1.96 bits per heavy atom. The van der Waals surface area contributed by atoms with E-state index >= 15 is 0 Å². The van der Waals surface area contributed by atoms with Gasteiger partial charge in [-0.2, -0.15) is 0 Å². The van der Waals surface area contributed by atoms with Gasteiger partial charge < -0.3 is 15.0 Å². The molecule has 0 aromatic heterocycles. The van der Waals surface area contributed by atoms with E-state index in [4.69, 9.17) is 4.74 Å². The molecule has 3 rings (SSSR count). The van der Waals surface area contributed by atoms with Crippen molar-refractivity contribution in [1.82, 2.24) is 4.90 Å². The summed E-state index contributed by atoms with van der Waals surface area (Å²) in [4.78, 5) is 26.8. The van der Waals surface area contributed by atoms with Gasteiger partial charge in [0.15, 0.2) is 0 Å². The summed E-state index contributed by atoms with van der Waals surface area (Å²) in [5.74, 6) is -0.162. The zero-order valence-corrected chi connectivity index (χ0v) is 15.4. The summed E-state index contributed by atoms with van der Waals surface area (Å²) in [6.45, 7) is 5.05. The molecule has 1 aliphatic heterocycles. The van der Waals surface area contributed by atoms with E-state index in [1.165, 1.54) is 7.11 Å². The first kappa shape index (κ1) is 18.0. The van der Waals surface area contributed by atoms with Gasteiger partial charge in [0, 0.05) is 18.8 Å². The topological polar surface area (TPSA) is 58.6 Å². The summed E-state index contributed by atoms with van der Waals surface area (Å²) in [6, 6.07) is 15.0. The maximum Gasteiger partial charge on any atom is 0.337 e. The fraction of sp³-hybridized carbons (Fsp3) is 0.333. The van der Waals surface area contributed by atoms with Crippen LogP contribution in [0.15, 0.2) is 48.5 Å². The average Bonchev–Trinajstić information content (AvgIpc) is 2.78. The van der Waals surface area contributed by atoms with Gasteiger partial charge in [-0.25, -0.2) is 4.79 Å². The Balaban J connectivity index is 1.97. The molecule has 0 radical (unpaired) electrons. The highest BCUT2D eigenvalue weighted by Crippen LogP contribution is 2.28. The van der Waals surface area contributed by atoms with Gasteiger partial charge in [0.2, 0.25) is 5.91 Å². The molecule has 0 unspecified atom stereocenters. The Morgan fingerprint density at radius 3 is 2.62 bits per heavy atom. The number of methoxy groups -OCH3 is 1. The number of amides is 1. The predicted octanol–water partition coefficient (Wildman–Crippen LogP) is 3.45. The van der Waals surface area contributed by atoms with Crippen LogP contribution >= 0.6 is 0 Å². The number of nitrogens with zero attached hydrogens (tertiary/aromatic N) is 1. The number of anilines is 1. The Labute approximate surface area is 154 Å². The van der Waals surface area contributed by atoms with E-state index in [2.05, 4.69) is 5.32 Å². The van der Waals surface area contributed by atoms with Crippen LogP contribution in [0.25, 0.3) is 0 Å². The van der Waals surface area contributed by atoms with Gasteiger partial charge in [0.1, 0.15) is 6.04 Å². The highest BCUT2D eigenvalue weighted by Gasteiger charge is 2.31. The molecule has 5 heteroatoms. The van der Waals surface area contributed by atoms with E-state index in [0.29, 0.717) is 18.7 Å². The van der Waals surface area contributed by atoms with Crippen LogP contribution in [0.1, 0.15) is 35.3 Å². The van der Waals surface area contributed by atoms with Crippen molar-refractivity contribution in [3.05, 3.63) is 65.2 Å². The minimum atomic E-state index is -0.376. The van der Waals surface area contributed by atoms with Crippen molar-refractivity contribution in [3.8, 4) is 0 Å². The fourth-order valence-electron chi connectivity index (χ4n) is 3.21. The number of nitrogens with one attached hydrogen (secondary N) is 1. The van der Waals surface area contributed by atoms with Gasteiger partial charge in [0.05, 0.1) is 12.7 Å². The van der Waals surface area contributed by atoms with Crippen molar-refractivity contribution in [2.24, 2.45) is 5.92 Å². The van der Waals surface area contributed by atoms with Crippen molar-refractivity contribution >= 4 is 17.6 Å². The van der Waals surface area contributed by atoms with Crippen molar-refractivity contribution < 1.29 is 14.3 Å². The molecule has 0 bridgehead atoms. The molecule has 1 heterocycles. The third-order valence-corrected chi connectivity index (χ3v) is 4.66. The second kappa shape index (κ2) is 7.60. The summed E-state index contributed by atoms with van der Waals surface area (Å²) in [5.41, 5.74) is 3.37. The summed E-state index contributed by atoms with van der Waals surface area (Å²) < 4.78 is 4.82. The minimum absolute atomic E-state index is 0.0691. The van der Waals surface area contributed by atoms with Gasteiger partial charge in [0.25, 0.3) is 0 Å². The van der Waals surface area contributed by atoms with E-state index in [-0.39, 0.29) is 23.8 Å². The number of ether oxygens (including phenoxy) is 1. The molecular weight excluding hydrogens is 328 g/mol. The first-order chi connectivity index (χ1) is 12.5. The Bertz CT molecular complexity index is 802. The van der Waals surface area contributed by atoms with Gasteiger partial charge in [-0.3, -0.25) is 4.79 Å². The number of fused-ring (bicyclic) bond motifs is 1. The van der Waals surface area contributed by atoms with E-state index in [9.17, 15) is 9.59 Å². The minimum Gasteiger partial charge on any atom is -0.465 e. The molecule has 2 aromatic rings. The summed E-state index contributed by atoms with van der Waals surface area (Å²) in [6.07, 6.45) is 0. The third kappa shape index (κ3) is 3.72. The molecule has 0 aliphatic carbocycles. The SMILES string of the molecule is COC(=O)c1ccc2c(c1)CN(Cc1ccccc1)C(=O)[C@H](C(C)C)N2. The summed E-state index contributed by atoms with van der Waals surface area (Å²) in [7, 11) is 1.37. The molecule has 0 fully saturated rings. The number of rotatable bonds is 4. The number of hydrogen-bond donors (Lipinski definition) is 1. The summed E-state index contributed by atoms with van der Waals surface area (Å²) in [5, 5.41) is 3.37. The highest BCUT2D eigenvalue weighted by molar-refractivity contribution is 5.91. The lowest BCUT2D eigenvalue weighted by atomic mass is 10.0. The number of esters is 1. The monoisotopic (exact) mass is 352 g/mol. The normalized spacial score (nSPS) is 16.7. The van der Waals surface area contributed by atoms with Crippen LogP contribution in [-0.4, -0.2) is 29.9 Å². The van der Waals surface area contributed by atoms with Crippen molar-refractivity contribution in [2.45, 2.75) is 33.0 Å². The quantitative estimate of drug-likeness (QED) is 0.856. The summed E-state index contributed by atoms with van der Waals surface area (Å²) >= 11 is 0. The molecule has 1 amide bonds. The van der Waals surface area contributed by atoms with Crippen LogP contribution in [0.5, 0.6) is 0 Å². The lowest BCUT2D eigenvalue weighted by molar-refractivity contribution is -0.133. The largest absolute Gasteiger partial charge is 0.465 e. The molecule has 0 saturated carbocycles. The lowest BCUT2D eigenvalue weighted by Gasteiger charge is -2.26. The molecule has 5 nitrogen and oxygen atoms in total. The zero-order valence-electron chi connectivity index (χ0n) is 15.4. The van der Waals surface area contributed by atoms with Gasteiger partial charge in [-0.05, 0) is 35.2 Å². The first-order valence-corrected chi connectivity index (χ1v) is 8.80. The van der Waals surface area contributed by atoms with Crippen molar-refractivity contribution in [3.63, 3.8) is 0 Å². The molecule has 2 aromatic carbocycles. The second-order valence-corrected chi connectivity index (χ2v) is 6.91. The number of hydrogen-bond acceptors (Lipinski definition) is 4. The lowest BCUT2D eigenvalue weighted by Crippen LogP contribution is -2.43. The van der Waals surface area contributed by atoms with Crippen LogP contribution in [-0.2, 0) is 22.6 Å². The van der Waals surface area contributed by atoms with Gasteiger partial charge in [-0.1, -0.05) is 44.2 Å². The maximum absolute atomic E-state index is 13.1. The van der Waals surface area contributed by atoms with Crippen LogP contribution in [0, 0.1) is 5.92 Å². The second-order valence-electron chi connectivity index (χ2n) is 6.91.